The summed E-state index contributed by atoms with van der Waals surface area (Å²) in [5, 5.41) is 6.00. The third-order valence-electron chi connectivity index (χ3n) is 2.85. The van der Waals surface area contributed by atoms with E-state index in [2.05, 4.69) is 15.1 Å². The summed E-state index contributed by atoms with van der Waals surface area (Å²) < 4.78 is 1.37. The quantitative estimate of drug-likeness (QED) is 0.802. The van der Waals surface area contributed by atoms with E-state index in [-0.39, 0.29) is 12.1 Å². The molecule has 1 amide bonds. The molecule has 0 N–H and O–H groups in total. The number of carbonyl (C=O) groups excluding carboxylic acids is 1. The third kappa shape index (κ3) is 2.10. The lowest BCUT2D eigenvalue weighted by molar-refractivity contribution is 0.186. The molecule has 0 bridgehead atoms. The zero-order valence-corrected chi connectivity index (χ0v) is 10.6. The summed E-state index contributed by atoms with van der Waals surface area (Å²) in [6, 6.07) is 2.95. The first-order valence-electron chi connectivity index (χ1n) is 5.72. The second-order valence-corrected chi connectivity index (χ2v) is 4.42. The van der Waals surface area contributed by atoms with Crippen LogP contribution in [0.5, 0.6) is 0 Å². The van der Waals surface area contributed by atoms with Crippen LogP contribution in [0.15, 0.2) is 42.2 Å². The number of imidazole rings is 1. The van der Waals surface area contributed by atoms with Gasteiger partial charge in [-0.25, -0.2) is 14.8 Å². The van der Waals surface area contributed by atoms with Crippen LogP contribution in [0, 0.1) is 0 Å². The number of carbonyl (C=O) groups is 1. The number of hydrogen-bond donors (Lipinski definition) is 0. The number of pyridine rings is 1. The molecule has 0 fully saturated rings. The minimum Gasteiger partial charge on any atom is -0.257 e. The second kappa shape index (κ2) is 4.81. The Bertz CT molecular complexity index is 625. The summed E-state index contributed by atoms with van der Waals surface area (Å²) in [4.78, 5) is 20.4. The second-order valence-electron chi connectivity index (χ2n) is 4.02. The fourth-order valence-corrected chi connectivity index (χ4v) is 2.21. The molecule has 1 aliphatic rings. The maximum Gasteiger partial charge on any atom is 0.350 e. The van der Waals surface area contributed by atoms with Gasteiger partial charge in [-0.3, -0.25) is 9.55 Å². The van der Waals surface area contributed by atoms with E-state index in [4.69, 9.17) is 11.6 Å². The van der Waals surface area contributed by atoms with Crippen molar-refractivity contribution < 1.29 is 4.79 Å². The smallest absolute Gasteiger partial charge is 0.257 e. The van der Waals surface area contributed by atoms with Gasteiger partial charge in [0.1, 0.15) is 12.4 Å². The molecule has 0 radical (unpaired) electrons. The molecule has 3 heterocycles. The molecular formula is C12H10ClN5O. The average Bonchev–Trinajstić information content (AvgIpc) is 3.10. The number of hydrazone groups is 1. The minimum atomic E-state index is -0.280. The van der Waals surface area contributed by atoms with E-state index in [1.165, 1.54) is 15.9 Å². The highest BCUT2D eigenvalue weighted by atomic mass is 35.5. The number of rotatable bonds is 1. The summed E-state index contributed by atoms with van der Waals surface area (Å²) in [5.74, 6) is 0. The van der Waals surface area contributed by atoms with Crippen molar-refractivity contribution in [2.45, 2.75) is 12.5 Å². The van der Waals surface area contributed by atoms with Crippen LogP contribution in [0.2, 0.25) is 5.02 Å². The predicted molar refractivity (Wildman–Crippen MR) is 70.0 cm³/mol. The number of aromatic nitrogens is 3. The summed E-state index contributed by atoms with van der Waals surface area (Å²) >= 11 is 6.12. The predicted octanol–water partition coefficient (Wildman–Crippen LogP) is 2.33. The van der Waals surface area contributed by atoms with Crippen LogP contribution in [0.4, 0.5) is 4.79 Å². The summed E-state index contributed by atoms with van der Waals surface area (Å²) in [7, 11) is 0. The fraction of sp³-hybridized carbons (Fsp3) is 0.167. The molecule has 96 valence electrons. The molecule has 7 heteroatoms. The standard InChI is InChI=1S/C12H10ClN5O/c13-9-2-1-4-15-11(9)10-3-5-16-18(10)12(19)17-7-6-14-8-17/h1-2,4-8,10H,3H2. The Labute approximate surface area is 114 Å². The highest BCUT2D eigenvalue weighted by molar-refractivity contribution is 6.31. The summed E-state index contributed by atoms with van der Waals surface area (Å²) in [5.41, 5.74) is 0.648. The van der Waals surface area contributed by atoms with E-state index in [9.17, 15) is 4.79 Å². The van der Waals surface area contributed by atoms with Crippen LogP contribution in [-0.4, -0.2) is 31.8 Å². The van der Waals surface area contributed by atoms with E-state index in [0.29, 0.717) is 17.1 Å². The molecule has 3 rings (SSSR count). The third-order valence-corrected chi connectivity index (χ3v) is 3.17. The molecule has 0 saturated heterocycles. The van der Waals surface area contributed by atoms with Gasteiger partial charge in [-0.1, -0.05) is 11.6 Å². The van der Waals surface area contributed by atoms with Gasteiger partial charge in [0.15, 0.2) is 0 Å². The van der Waals surface area contributed by atoms with Crippen molar-refractivity contribution in [2.24, 2.45) is 5.10 Å². The van der Waals surface area contributed by atoms with Crippen molar-refractivity contribution >= 4 is 23.8 Å². The topological polar surface area (TPSA) is 63.4 Å². The largest absolute Gasteiger partial charge is 0.350 e. The highest BCUT2D eigenvalue weighted by Gasteiger charge is 2.31. The maximum absolute atomic E-state index is 12.3. The number of hydrogen-bond acceptors (Lipinski definition) is 4. The van der Waals surface area contributed by atoms with Gasteiger partial charge in [-0.05, 0) is 12.1 Å². The zero-order valence-electron chi connectivity index (χ0n) is 9.85. The molecule has 6 nitrogen and oxygen atoms in total. The normalized spacial score (nSPS) is 17.9. The highest BCUT2D eigenvalue weighted by Crippen LogP contribution is 2.31. The van der Waals surface area contributed by atoms with Crippen molar-refractivity contribution in [1.82, 2.24) is 19.5 Å². The lowest BCUT2D eigenvalue weighted by Gasteiger charge is -2.21. The Hall–Kier alpha value is -2.21. The van der Waals surface area contributed by atoms with Gasteiger partial charge < -0.3 is 0 Å². The lowest BCUT2D eigenvalue weighted by atomic mass is 10.1. The van der Waals surface area contributed by atoms with Gasteiger partial charge in [-0.15, -0.1) is 0 Å². The molecule has 0 aromatic carbocycles. The molecule has 1 aliphatic heterocycles. The first kappa shape index (κ1) is 11.9. The first-order chi connectivity index (χ1) is 9.27. The van der Waals surface area contributed by atoms with E-state index in [1.807, 2.05) is 0 Å². The van der Waals surface area contributed by atoms with E-state index < -0.39 is 0 Å². The van der Waals surface area contributed by atoms with Gasteiger partial charge >= 0.3 is 6.03 Å². The Morgan fingerprint density at radius 2 is 2.32 bits per heavy atom. The Kier molecular flexibility index (Phi) is 3.00. The molecule has 0 saturated carbocycles. The van der Waals surface area contributed by atoms with Gasteiger partial charge in [0.05, 0.1) is 10.7 Å². The minimum absolute atomic E-state index is 0.274. The first-order valence-corrected chi connectivity index (χ1v) is 6.09. The fourth-order valence-electron chi connectivity index (χ4n) is 1.96. The van der Waals surface area contributed by atoms with Gasteiger partial charge in [0.25, 0.3) is 0 Å². The van der Waals surface area contributed by atoms with E-state index >= 15 is 0 Å². The molecule has 19 heavy (non-hydrogen) atoms. The molecule has 2 aromatic heterocycles. The van der Waals surface area contributed by atoms with Crippen LogP contribution in [-0.2, 0) is 0 Å². The van der Waals surface area contributed by atoms with Crippen LogP contribution >= 0.6 is 11.6 Å². The Morgan fingerprint density at radius 3 is 3.05 bits per heavy atom. The van der Waals surface area contributed by atoms with E-state index in [1.54, 1.807) is 36.9 Å². The summed E-state index contributed by atoms with van der Waals surface area (Å²) in [6.45, 7) is 0. The molecule has 2 aromatic rings. The Morgan fingerprint density at radius 1 is 1.42 bits per heavy atom. The van der Waals surface area contributed by atoms with Crippen LogP contribution in [0.3, 0.4) is 0 Å². The number of halogens is 1. The van der Waals surface area contributed by atoms with E-state index in [0.717, 1.165) is 0 Å². The number of nitrogens with zero attached hydrogens (tertiary/aromatic N) is 5. The average molecular weight is 276 g/mol. The van der Waals surface area contributed by atoms with Crippen LogP contribution in [0.25, 0.3) is 0 Å². The Balaban J connectivity index is 1.92. The molecular weight excluding hydrogens is 266 g/mol. The summed E-state index contributed by atoms with van der Waals surface area (Å²) in [6.07, 6.45) is 8.49. The van der Waals surface area contributed by atoms with Crippen molar-refractivity contribution in [2.75, 3.05) is 0 Å². The van der Waals surface area contributed by atoms with Crippen LogP contribution in [0.1, 0.15) is 18.2 Å². The van der Waals surface area contributed by atoms with Gasteiger partial charge in [0, 0.05) is 31.2 Å². The SMILES string of the molecule is O=C(N1N=CCC1c1ncccc1Cl)n1ccnc1. The molecule has 1 atom stereocenters. The monoisotopic (exact) mass is 275 g/mol. The van der Waals surface area contributed by atoms with Crippen LogP contribution < -0.4 is 0 Å². The number of amides is 1. The molecule has 0 spiro atoms. The lowest BCUT2D eigenvalue weighted by Crippen LogP contribution is -2.31. The van der Waals surface area contributed by atoms with Gasteiger partial charge in [0.2, 0.25) is 0 Å². The van der Waals surface area contributed by atoms with Gasteiger partial charge in [-0.2, -0.15) is 5.10 Å². The molecule has 1 unspecified atom stereocenters. The van der Waals surface area contributed by atoms with Crippen molar-refractivity contribution in [3.05, 3.63) is 47.8 Å². The molecule has 0 aliphatic carbocycles. The zero-order chi connectivity index (χ0) is 13.2. The van der Waals surface area contributed by atoms with Crippen molar-refractivity contribution in [1.29, 1.82) is 0 Å². The van der Waals surface area contributed by atoms with Crippen molar-refractivity contribution in [3.8, 4) is 0 Å². The van der Waals surface area contributed by atoms with Crippen molar-refractivity contribution in [3.63, 3.8) is 0 Å². The maximum atomic E-state index is 12.3.